The van der Waals surface area contributed by atoms with Gasteiger partial charge in [0.1, 0.15) is 0 Å². The fourth-order valence-electron chi connectivity index (χ4n) is 3.50. The van der Waals surface area contributed by atoms with Gasteiger partial charge in [-0.3, -0.25) is 4.68 Å². The Bertz CT molecular complexity index is 781. The third-order valence-electron chi connectivity index (χ3n) is 4.80. The lowest BCUT2D eigenvalue weighted by atomic mass is 9.88. The molecule has 1 aromatic carbocycles. The predicted molar refractivity (Wildman–Crippen MR) is 94.5 cm³/mol. The Labute approximate surface area is 146 Å². The molecule has 0 saturated heterocycles. The fourth-order valence-corrected chi connectivity index (χ4v) is 3.68. The second-order valence-electron chi connectivity index (χ2n) is 6.76. The van der Waals surface area contributed by atoms with Gasteiger partial charge in [0.15, 0.2) is 0 Å². The van der Waals surface area contributed by atoms with E-state index in [0.717, 1.165) is 49.0 Å². The molecule has 0 spiro atoms. The summed E-state index contributed by atoms with van der Waals surface area (Å²) in [7, 11) is 1.88. The Morgan fingerprint density at radius 2 is 2.17 bits per heavy atom. The highest BCUT2D eigenvalue weighted by Crippen LogP contribution is 2.42. The van der Waals surface area contributed by atoms with Crippen LogP contribution in [0.4, 0.5) is 10.5 Å². The van der Waals surface area contributed by atoms with Crippen molar-refractivity contribution in [3.8, 4) is 0 Å². The van der Waals surface area contributed by atoms with Gasteiger partial charge < -0.3 is 10.6 Å². The SMILES string of the molecule is Cn1cc(NC(=O)N[C@@H]2CCCc3ccc(Cl)cc32)c(C2CC2)n1. The smallest absolute Gasteiger partial charge is 0.319 e. The molecule has 1 saturated carbocycles. The highest BCUT2D eigenvalue weighted by molar-refractivity contribution is 6.30. The van der Waals surface area contributed by atoms with E-state index in [-0.39, 0.29) is 12.1 Å². The molecule has 0 unspecified atom stereocenters. The maximum atomic E-state index is 12.5. The summed E-state index contributed by atoms with van der Waals surface area (Å²) in [4.78, 5) is 12.5. The number of anilines is 1. The second kappa shape index (κ2) is 6.13. The van der Waals surface area contributed by atoms with Crippen LogP contribution in [0.5, 0.6) is 0 Å². The number of carbonyl (C=O) groups is 1. The zero-order valence-corrected chi connectivity index (χ0v) is 14.4. The average Bonchev–Trinajstić information content (AvgIpc) is 3.32. The first kappa shape index (κ1) is 15.5. The lowest BCUT2D eigenvalue weighted by molar-refractivity contribution is 0.247. The van der Waals surface area contributed by atoms with Gasteiger partial charge in [-0.25, -0.2) is 4.79 Å². The number of carbonyl (C=O) groups excluding carboxylic acids is 1. The number of halogens is 1. The summed E-state index contributed by atoms with van der Waals surface area (Å²) in [6, 6.07) is 5.79. The number of nitrogens with one attached hydrogen (secondary N) is 2. The zero-order valence-electron chi connectivity index (χ0n) is 13.7. The summed E-state index contributed by atoms with van der Waals surface area (Å²) in [6.07, 6.45) is 7.23. The summed E-state index contributed by atoms with van der Waals surface area (Å²) in [5.41, 5.74) is 4.23. The molecule has 126 valence electrons. The van der Waals surface area contributed by atoms with Gasteiger partial charge in [-0.1, -0.05) is 17.7 Å². The van der Waals surface area contributed by atoms with Gasteiger partial charge in [0.05, 0.1) is 17.4 Å². The molecule has 2 aliphatic carbocycles. The quantitative estimate of drug-likeness (QED) is 0.878. The van der Waals surface area contributed by atoms with Crippen molar-refractivity contribution in [2.45, 2.75) is 44.1 Å². The van der Waals surface area contributed by atoms with Crippen LogP contribution in [0.15, 0.2) is 24.4 Å². The maximum Gasteiger partial charge on any atom is 0.319 e. The van der Waals surface area contributed by atoms with Gasteiger partial charge in [0, 0.05) is 24.2 Å². The molecule has 2 aliphatic rings. The summed E-state index contributed by atoms with van der Waals surface area (Å²) in [5, 5.41) is 11.3. The molecule has 24 heavy (non-hydrogen) atoms. The van der Waals surface area contributed by atoms with Crippen LogP contribution in [0.2, 0.25) is 5.02 Å². The minimum absolute atomic E-state index is 0.00787. The molecule has 6 heteroatoms. The number of fused-ring (bicyclic) bond motifs is 1. The Morgan fingerprint density at radius 3 is 2.96 bits per heavy atom. The van der Waals surface area contributed by atoms with Crippen LogP contribution in [0.1, 0.15) is 54.5 Å². The topological polar surface area (TPSA) is 59.0 Å². The van der Waals surface area contributed by atoms with Gasteiger partial charge in [0.25, 0.3) is 0 Å². The van der Waals surface area contributed by atoms with E-state index in [2.05, 4.69) is 21.8 Å². The number of amides is 2. The molecule has 2 aromatic rings. The summed E-state index contributed by atoms with van der Waals surface area (Å²) in [5.74, 6) is 0.496. The van der Waals surface area contributed by atoms with Crippen LogP contribution >= 0.6 is 11.6 Å². The van der Waals surface area contributed by atoms with E-state index in [1.54, 1.807) is 4.68 Å². The van der Waals surface area contributed by atoms with Crippen LogP contribution in [-0.4, -0.2) is 15.8 Å². The molecule has 4 rings (SSSR count). The third-order valence-corrected chi connectivity index (χ3v) is 5.03. The van der Waals surface area contributed by atoms with Gasteiger partial charge in [0.2, 0.25) is 0 Å². The number of aromatic nitrogens is 2. The average molecular weight is 345 g/mol. The molecular weight excluding hydrogens is 324 g/mol. The van der Waals surface area contributed by atoms with E-state index in [4.69, 9.17) is 11.6 Å². The van der Waals surface area contributed by atoms with E-state index >= 15 is 0 Å². The molecular formula is C18H21ClN4O. The van der Waals surface area contributed by atoms with Gasteiger partial charge in [-0.2, -0.15) is 5.10 Å². The maximum absolute atomic E-state index is 12.5. The molecule has 2 N–H and O–H groups in total. The molecule has 1 fully saturated rings. The number of hydrogen-bond acceptors (Lipinski definition) is 2. The number of urea groups is 1. The number of aryl methyl sites for hydroxylation is 2. The van der Waals surface area contributed by atoms with Crippen molar-refractivity contribution < 1.29 is 4.79 Å². The molecule has 1 heterocycles. The molecule has 0 radical (unpaired) electrons. The Hall–Kier alpha value is -2.01. The lowest BCUT2D eigenvalue weighted by Gasteiger charge is -2.26. The monoisotopic (exact) mass is 344 g/mol. The Kier molecular flexibility index (Phi) is 3.96. The van der Waals surface area contributed by atoms with E-state index in [1.165, 1.54) is 5.56 Å². The number of benzene rings is 1. The van der Waals surface area contributed by atoms with Crippen LogP contribution < -0.4 is 10.6 Å². The number of rotatable bonds is 3. The lowest BCUT2D eigenvalue weighted by Crippen LogP contribution is -2.34. The van der Waals surface area contributed by atoms with Gasteiger partial charge in [-0.15, -0.1) is 0 Å². The van der Waals surface area contributed by atoms with Crippen molar-refractivity contribution in [3.63, 3.8) is 0 Å². The van der Waals surface area contributed by atoms with Crippen LogP contribution in [-0.2, 0) is 13.5 Å². The normalized spacial score (nSPS) is 19.7. The van der Waals surface area contributed by atoms with E-state index in [9.17, 15) is 4.79 Å². The third kappa shape index (κ3) is 3.13. The summed E-state index contributed by atoms with van der Waals surface area (Å²) in [6.45, 7) is 0. The Morgan fingerprint density at radius 1 is 1.33 bits per heavy atom. The molecule has 1 aromatic heterocycles. The van der Waals surface area contributed by atoms with Gasteiger partial charge in [-0.05, 0) is 55.4 Å². The molecule has 2 amide bonds. The predicted octanol–water partition coefficient (Wildman–Crippen LogP) is 4.15. The largest absolute Gasteiger partial charge is 0.331 e. The van der Waals surface area contributed by atoms with E-state index in [1.807, 2.05) is 25.4 Å². The van der Waals surface area contributed by atoms with Crippen LogP contribution in [0.3, 0.4) is 0 Å². The second-order valence-corrected chi connectivity index (χ2v) is 7.20. The first-order valence-corrected chi connectivity index (χ1v) is 8.87. The highest BCUT2D eigenvalue weighted by atomic mass is 35.5. The Balaban J connectivity index is 1.48. The van der Waals surface area contributed by atoms with Crippen molar-refractivity contribution in [3.05, 3.63) is 46.2 Å². The number of nitrogens with zero attached hydrogens (tertiary/aromatic N) is 2. The molecule has 0 aliphatic heterocycles. The summed E-state index contributed by atoms with van der Waals surface area (Å²) < 4.78 is 1.76. The van der Waals surface area contributed by atoms with Crippen molar-refractivity contribution >= 4 is 23.3 Å². The van der Waals surface area contributed by atoms with Crippen molar-refractivity contribution in [2.75, 3.05) is 5.32 Å². The first-order chi connectivity index (χ1) is 11.6. The molecule has 0 bridgehead atoms. The van der Waals surface area contributed by atoms with Crippen molar-refractivity contribution in [1.29, 1.82) is 0 Å². The van der Waals surface area contributed by atoms with Gasteiger partial charge >= 0.3 is 6.03 Å². The van der Waals surface area contributed by atoms with E-state index < -0.39 is 0 Å². The first-order valence-electron chi connectivity index (χ1n) is 8.49. The highest BCUT2D eigenvalue weighted by Gasteiger charge is 2.30. The van der Waals surface area contributed by atoms with Crippen LogP contribution in [0.25, 0.3) is 0 Å². The summed E-state index contributed by atoms with van der Waals surface area (Å²) >= 11 is 6.13. The fraction of sp³-hybridized carbons (Fsp3) is 0.444. The molecule has 1 atom stereocenters. The van der Waals surface area contributed by atoms with E-state index in [0.29, 0.717) is 10.9 Å². The van der Waals surface area contributed by atoms with Crippen molar-refractivity contribution in [2.24, 2.45) is 7.05 Å². The standard InChI is InChI=1S/C18H21ClN4O/c1-23-10-16(17(22-23)12-5-6-12)21-18(24)20-15-4-2-3-11-7-8-13(19)9-14(11)15/h7-10,12,15H,2-6H2,1H3,(H2,20,21,24)/t15-/m1/s1. The zero-order chi connectivity index (χ0) is 16.7. The minimum Gasteiger partial charge on any atom is -0.331 e. The minimum atomic E-state index is -0.178. The van der Waals surface area contributed by atoms with Crippen LogP contribution in [0, 0.1) is 0 Å². The van der Waals surface area contributed by atoms with Crippen molar-refractivity contribution in [1.82, 2.24) is 15.1 Å². The molecule has 5 nitrogen and oxygen atoms in total. The number of hydrogen-bond donors (Lipinski definition) is 2.